The molecule has 22 heavy (non-hydrogen) atoms. The van der Waals surface area contributed by atoms with Gasteiger partial charge in [-0.1, -0.05) is 30.8 Å². The molecule has 0 saturated heterocycles. The Labute approximate surface area is 132 Å². The zero-order valence-corrected chi connectivity index (χ0v) is 13.2. The molecule has 0 aliphatic carbocycles. The van der Waals surface area contributed by atoms with Crippen LogP contribution in [0, 0.1) is 5.82 Å². The van der Waals surface area contributed by atoms with Crippen molar-refractivity contribution in [3.8, 4) is 11.4 Å². The number of hydrogen-bond acceptors (Lipinski definition) is 5. The topological polar surface area (TPSA) is 85.8 Å². The highest BCUT2D eigenvalue weighted by Gasteiger charge is 2.14. The van der Waals surface area contributed by atoms with Gasteiger partial charge in [0.25, 0.3) is 0 Å². The van der Waals surface area contributed by atoms with Gasteiger partial charge in [0.2, 0.25) is 11.1 Å². The number of aromatic nitrogens is 3. The smallest absolute Gasteiger partial charge is 0.230 e. The van der Waals surface area contributed by atoms with Gasteiger partial charge in [-0.05, 0) is 25.5 Å². The van der Waals surface area contributed by atoms with E-state index >= 15 is 0 Å². The Morgan fingerprint density at radius 1 is 1.50 bits per heavy atom. The van der Waals surface area contributed by atoms with Crippen LogP contribution in [0.4, 0.5) is 4.39 Å². The van der Waals surface area contributed by atoms with E-state index in [2.05, 4.69) is 15.5 Å². The molecule has 0 bridgehead atoms. The first kappa shape index (κ1) is 16.3. The summed E-state index contributed by atoms with van der Waals surface area (Å²) in [6.45, 7) is 3.94. The third kappa shape index (κ3) is 3.97. The number of rotatable bonds is 6. The van der Waals surface area contributed by atoms with E-state index in [1.165, 1.54) is 28.6 Å². The molecule has 1 amide bonds. The van der Waals surface area contributed by atoms with Gasteiger partial charge in [0, 0.05) is 11.6 Å². The molecule has 118 valence electrons. The second-order valence-corrected chi connectivity index (χ2v) is 5.79. The first-order valence-corrected chi connectivity index (χ1v) is 7.88. The van der Waals surface area contributed by atoms with Crippen molar-refractivity contribution in [2.75, 3.05) is 11.6 Å². The Bertz CT molecular complexity index is 660. The fraction of sp³-hybridized carbons (Fsp3) is 0.357. The van der Waals surface area contributed by atoms with Crippen LogP contribution in [0.3, 0.4) is 0 Å². The van der Waals surface area contributed by atoms with E-state index in [0.717, 1.165) is 6.42 Å². The monoisotopic (exact) mass is 323 g/mol. The molecule has 2 rings (SSSR count). The summed E-state index contributed by atoms with van der Waals surface area (Å²) in [6, 6.07) is 6.08. The summed E-state index contributed by atoms with van der Waals surface area (Å²) in [6.07, 6.45) is 0.868. The molecular weight excluding hydrogens is 305 g/mol. The summed E-state index contributed by atoms with van der Waals surface area (Å²) in [5, 5.41) is 11.2. The minimum absolute atomic E-state index is 0.0883. The van der Waals surface area contributed by atoms with Crippen molar-refractivity contribution >= 4 is 17.7 Å². The quantitative estimate of drug-likeness (QED) is 0.625. The predicted molar refractivity (Wildman–Crippen MR) is 84.2 cm³/mol. The fourth-order valence-electron chi connectivity index (χ4n) is 1.75. The molecule has 1 aromatic carbocycles. The Morgan fingerprint density at radius 3 is 2.95 bits per heavy atom. The molecule has 0 fully saturated rings. The van der Waals surface area contributed by atoms with Crippen LogP contribution in [-0.2, 0) is 4.79 Å². The number of hydrogen-bond donors (Lipinski definition) is 2. The first-order valence-electron chi connectivity index (χ1n) is 6.89. The second kappa shape index (κ2) is 7.26. The Balaban J connectivity index is 2.04. The zero-order chi connectivity index (χ0) is 16.1. The lowest BCUT2D eigenvalue weighted by atomic mass is 10.2. The van der Waals surface area contributed by atoms with E-state index in [4.69, 9.17) is 5.84 Å². The molecule has 0 aliphatic rings. The van der Waals surface area contributed by atoms with Crippen LogP contribution in [0.1, 0.15) is 20.3 Å². The number of benzene rings is 1. The number of thioether (sulfide) groups is 1. The number of nitrogens with one attached hydrogen (secondary N) is 1. The normalized spacial score (nSPS) is 12.1. The summed E-state index contributed by atoms with van der Waals surface area (Å²) in [5.41, 5.74) is 0.533. The fourth-order valence-corrected chi connectivity index (χ4v) is 2.42. The molecule has 0 unspecified atom stereocenters. The largest absolute Gasteiger partial charge is 0.353 e. The van der Waals surface area contributed by atoms with Crippen LogP contribution in [0.2, 0.25) is 0 Å². The van der Waals surface area contributed by atoms with Gasteiger partial charge in [0.05, 0.1) is 5.75 Å². The summed E-state index contributed by atoms with van der Waals surface area (Å²) in [4.78, 5) is 11.7. The number of nitrogens with zero attached hydrogens (tertiary/aromatic N) is 3. The van der Waals surface area contributed by atoms with Crippen LogP contribution in [0.5, 0.6) is 0 Å². The van der Waals surface area contributed by atoms with Gasteiger partial charge in [-0.25, -0.2) is 9.07 Å². The number of carbonyl (C=O) groups excluding carboxylic acids is 1. The highest BCUT2D eigenvalue weighted by molar-refractivity contribution is 7.99. The molecule has 0 spiro atoms. The van der Waals surface area contributed by atoms with Gasteiger partial charge in [-0.15, -0.1) is 10.2 Å². The summed E-state index contributed by atoms with van der Waals surface area (Å²) in [7, 11) is 0. The molecule has 6 nitrogen and oxygen atoms in total. The lowest BCUT2D eigenvalue weighted by Crippen LogP contribution is -2.33. The molecule has 1 heterocycles. The van der Waals surface area contributed by atoms with Crippen molar-refractivity contribution in [3.63, 3.8) is 0 Å². The minimum atomic E-state index is -0.373. The van der Waals surface area contributed by atoms with E-state index in [-0.39, 0.29) is 23.5 Å². The van der Waals surface area contributed by atoms with Crippen molar-refractivity contribution in [3.05, 3.63) is 30.1 Å². The standard InChI is InChI=1S/C14H18FN5OS/c1-3-9(2)17-12(21)8-22-14-19-18-13(20(14)16)10-5-4-6-11(15)7-10/h4-7,9H,3,8,16H2,1-2H3,(H,17,21)/t9-/m0/s1. The van der Waals surface area contributed by atoms with Crippen molar-refractivity contribution in [2.45, 2.75) is 31.5 Å². The maximum absolute atomic E-state index is 13.2. The van der Waals surface area contributed by atoms with Crippen LogP contribution in [0.15, 0.2) is 29.4 Å². The summed E-state index contributed by atoms with van der Waals surface area (Å²) in [5.74, 6) is 6.00. The third-order valence-corrected chi connectivity index (χ3v) is 4.04. The maximum atomic E-state index is 13.2. The Kier molecular flexibility index (Phi) is 5.37. The Morgan fingerprint density at radius 2 is 2.27 bits per heavy atom. The number of amides is 1. The number of carbonyl (C=O) groups is 1. The van der Waals surface area contributed by atoms with Gasteiger partial charge in [0.15, 0.2) is 5.82 Å². The summed E-state index contributed by atoms with van der Waals surface area (Å²) >= 11 is 1.19. The molecule has 0 saturated carbocycles. The second-order valence-electron chi connectivity index (χ2n) is 4.85. The van der Waals surface area contributed by atoms with Crippen molar-refractivity contribution in [2.24, 2.45) is 0 Å². The number of halogens is 1. The van der Waals surface area contributed by atoms with Crippen LogP contribution >= 0.6 is 11.8 Å². The molecule has 0 radical (unpaired) electrons. The maximum Gasteiger partial charge on any atom is 0.230 e. The van der Waals surface area contributed by atoms with Crippen molar-refractivity contribution in [1.82, 2.24) is 20.2 Å². The number of nitrogen functional groups attached to an aromatic ring is 1. The van der Waals surface area contributed by atoms with Crippen LogP contribution < -0.4 is 11.2 Å². The average Bonchev–Trinajstić information content (AvgIpc) is 2.86. The molecular formula is C14H18FN5OS. The highest BCUT2D eigenvalue weighted by atomic mass is 32.2. The SMILES string of the molecule is CC[C@H](C)NC(=O)CSc1nnc(-c2cccc(F)c2)n1N. The van der Waals surface area contributed by atoms with Crippen molar-refractivity contribution in [1.29, 1.82) is 0 Å². The molecule has 8 heteroatoms. The van der Waals surface area contributed by atoms with E-state index < -0.39 is 0 Å². The lowest BCUT2D eigenvalue weighted by molar-refractivity contribution is -0.119. The van der Waals surface area contributed by atoms with E-state index in [1.807, 2.05) is 13.8 Å². The van der Waals surface area contributed by atoms with Gasteiger partial charge in [0.1, 0.15) is 5.82 Å². The van der Waals surface area contributed by atoms with E-state index in [1.54, 1.807) is 12.1 Å². The number of nitrogens with two attached hydrogens (primary N) is 1. The van der Waals surface area contributed by atoms with Gasteiger partial charge < -0.3 is 11.2 Å². The molecule has 0 aliphatic heterocycles. The first-order chi connectivity index (χ1) is 10.5. The molecule has 1 aromatic heterocycles. The zero-order valence-electron chi connectivity index (χ0n) is 12.4. The minimum Gasteiger partial charge on any atom is -0.353 e. The average molecular weight is 323 g/mol. The molecule has 3 N–H and O–H groups in total. The molecule has 2 aromatic rings. The van der Waals surface area contributed by atoms with Crippen LogP contribution in [0.25, 0.3) is 11.4 Å². The van der Waals surface area contributed by atoms with Crippen LogP contribution in [-0.4, -0.2) is 32.6 Å². The lowest BCUT2D eigenvalue weighted by Gasteiger charge is -2.10. The van der Waals surface area contributed by atoms with Crippen molar-refractivity contribution < 1.29 is 9.18 Å². The predicted octanol–water partition coefficient (Wildman–Crippen LogP) is 1.80. The van der Waals surface area contributed by atoms with E-state index in [9.17, 15) is 9.18 Å². The Hall–Kier alpha value is -2.09. The third-order valence-electron chi connectivity index (χ3n) is 3.10. The molecule has 1 atom stereocenters. The summed E-state index contributed by atoms with van der Waals surface area (Å²) < 4.78 is 14.5. The van der Waals surface area contributed by atoms with Gasteiger partial charge in [-0.2, -0.15) is 0 Å². The van der Waals surface area contributed by atoms with Gasteiger partial charge in [-0.3, -0.25) is 4.79 Å². The highest BCUT2D eigenvalue weighted by Crippen LogP contribution is 2.21. The van der Waals surface area contributed by atoms with Gasteiger partial charge >= 0.3 is 0 Å². The van der Waals surface area contributed by atoms with E-state index in [0.29, 0.717) is 16.5 Å².